The van der Waals surface area contributed by atoms with Gasteiger partial charge in [-0.05, 0) is 37.2 Å². The Kier molecular flexibility index (Phi) is 3.87. The van der Waals surface area contributed by atoms with Crippen LogP contribution < -0.4 is 5.32 Å². The fraction of sp³-hybridized carbons (Fsp3) is 0.667. The number of nitrogens with zero attached hydrogens (tertiary/aromatic N) is 1. The van der Waals surface area contributed by atoms with E-state index in [1.807, 2.05) is 0 Å². The molecule has 2 heteroatoms. The van der Waals surface area contributed by atoms with Crippen molar-refractivity contribution in [2.24, 2.45) is 11.8 Å². The molecule has 4 atom stereocenters. The van der Waals surface area contributed by atoms with Gasteiger partial charge >= 0.3 is 0 Å². The van der Waals surface area contributed by atoms with Gasteiger partial charge in [0.15, 0.2) is 0 Å². The van der Waals surface area contributed by atoms with Crippen LogP contribution in [0.2, 0.25) is 0 Å². The molecule has 0 radical (unpaired) electrons. The first kappa shape index (κ1) is 14.1. The molecule has 110 valence electrons. The summed E-state index contributed by atoms with van der Waals surface area (Å²) in [6.07, 6.45) is 2.78. The van der Waals surface area contributed by atoms with Crippen molar-refractivity contribution < 1.29 is 0 Å². The van der Waals surface area contributed by atoms with Crippen LogP contribution in [0.5, 0.6) is 0 Å². The Morgan fingerprint density at radius 1 is 1.15 bits per heavy atom. The Hall–Kier alpha value is -0.860. The van der Waals surface area contributed by atoms with E-state index >= 15 is 0 Å². The van der Waals surface area contributed by atoms with Crippen LogP contribution in [0.25, 0.3) is 0 Å². The third kappa shape index (κ3) is 2.51. The summed E-state index contributed by atoms with van der Waals surface area (Å²) in [6, 6.07) is 11.7. The van der Waals surface area contributed by atoms with Crippen molar-refractivity contribution in [3.8, 4) is 0 Å². The maximum Gasteiger partial charge on any atom is 0.0535 e. The minimum absolute atomic E-state index is 0.102. The third-order valence-corrected chi connectivity index (χ3v) is 5.74. The number of benzene rings is 1. The molecule has 1 heterocycles. The summed E-state index contributed by atoms with van der Waals surface area (Å²) in [5.74, 6) is 1.73. The van der Waals surface area contributed by atoms with Gasteiger partial charge in [-0.3, -0.25) is 4.90 Å². The molecule has 0 amide bonds. The van der Waals surface area contributed by atoms with Gasteiger partial charge in [-0.15, -0.1) is 0 Å². The van der Waals surface area contributed by atoms with Gasteiger partial charge in [0.2, 0.25) is 0 Å². The standard InChI is InChI=1S/C18H28N2/c1-14-9-10-17(15(14)2)20-12-11-19-18(3,13-20)16-7-5-4-6-8-16/h4-8,14-15,17,19H,9-13H2,1-3H3. The average molecular weight is 272 g/mol. The molecule has 2 fully saturated rings. The SMILES string of the molecule is CC1CCC(N2CCNC(C)(c3ccccc3)C2)C1C. The van der Waals surface area contributed by atoms with E-state index in [0.717, 1.165) is 31.0 Å². The van der Waals surface area contributed by atoms with Crippen LogP contribution in [0, 0.1) is 11.8 Å². The summed E-state index contributed by atoms with van der Waals surface area (Å²) in [5.41, 5.74) is 1.52. The first-order valence-corrected chi connectivity index (χ1v) is 8.15. The molecule has 2 nitrogen and oxygen atoms in total. The largest absolute Gasteiger partial charge is 0.305 e. The molecule has 1 N–H and O–H groups in total. The molecule has 1 aromatic rings. The fourth-order valence-electron chi connectivity index (χ4n) is 4.15. The van der Waals surface area contributed by atoms with E-state index in [0.29, 0.717) is 0 Å². The first-order valence-electron chi connectivity index (χ1n) is 8.15. The monoisotopic (exact) mass is 272 g/mol. The van der Waals surface area contributed by atoms with E-state index < -0.39 is 0 Å². The minimum atomic E-state index is 0.102. The highest BCUT2D eigenvalue weighted by Crippen LogP contribution is 2.37. The number of piperazine rings is 1. The molecule has 2 aliphatic rings. The Labute approximate surface area is 123 Å². The zero-order valence-electron chi connectivity index (χ0n) is 13.1. The van der Waals surface area contributed by atoms with E-state index in [2.05, 4.69) is 61.3 Å². The van der Waals surface area contributed by atoms with Crippen LogP contribution >= 0.6 is 0 Å². The lowest BCUT2D eigenvalue weighted by Crippen LogP contribution is -2.59. The average Bonchev–Trinajstić information content (AvgIpc) is 2.80. The summed E-state index contributed by atoms with van der Waals surface area (Å²) in [5, 5.41) is 3.75. The highest BCUT2D eigenvalue weighted by Gasteiger charge is 2.39. The van der Waals surface area contributed by atoms with Gasteiger partial charge in [-0.25, -0.2) is 0 Å². The highest BCUT2D eigenvalue weighted by molar-refractivity contribution is 5.25. The second kappa shape index (κ2) is 5.50. The predicted molar refractivity (Wildman–Crippen MR) is 84.7 cm³/mol. The van der Waals surface area contributed by atoms with Crippen molar-refractivity contribution in [3.05, 3.63) is 35.9 Å². The molecular formula is C18H28N2. The van der Waals surface area contributed by atoms with Gasteiger partial charge in [0, 0.05) is 25.7 Å². The van der Waals surface area contributed by atoms with Crippen LogP contribution in [-0.2, 0) is 5.54 Å². The van der Waals surface area contributed by atoms with E-state index in [4.69, 9.17) is 0 Å². The van der Waals surface area contributed by atoms with Crippen molar-refractivity contribution in [3.63, 3.8) is 0 Å². The molecule has 20 heavy (non-hydrogen) atoms. The lowest BCUT2D eigenvalue weighted by molar-refractivity contribution is 0.0792. The normalized spacial score (nSPS) is 39.0. The highest BCUT2D eigenvalue weighted by atomic mass is 15.2. The molecule has 1 aliphatic heterocycles. The van der Waals surface area contributed by atoms with Crippen LogP contribution in [0.4, 0.5) is 0 Å². The smallest absolute Gasteiger partial charge is 0.0535 e. The number of nitrogens with one attached hydrogen (secondary N) is 1. The summed E-state index contributed by atoms with van der Waals surface area (Å²) in [6.45, 7) is 10.7. The van der Waals surface area contributed by atoms with Crippen molar-refractivity contribution in [1.82, 2.24) is 10.2 Å². The first-order chi connectivity index (χ1) is 9.60. The topological polar surface area (TPSA) is 15.3 Å². The Morgan fingerprint density at radius 3 is 2.55 bits per heavy atom. The van der Waals surface area contributed by atoms with E-state index in [9.17, 15) is 0 Å². The molecule has 4 unspecified atom stereocenters. The summed E-state index contributed by atoms with van der Waals surface area (Å²) >= 11 is 0. The van der Waals surface area contributed by atoms with Crippen molar-refractivity contribution >= 4 is 0 Å². The minimum Gasteiger partial charge on any atom is -0.305 e. The second-order valence-corrected chi connectivity index (χ2v) is 7.08. The number of hydrogen-bond donors (Lipinski definition) is 1. The van der Waals surface area contributed by atoms with E-state index in [-0.39, 0.29) is 5.54 Å². The number of hydrogen-bond acceptors (Lipinski definition) is 2. The summed E-state index contributed by atoms with van der Waals surface area (Å²) in [4.78, 5) is 2.75. The fourth-order valence-corrected chi connectivity index (χ4v) is 4.15. The van der Waals surface area contributed by atoms with Gasteiger partial charge in [-0.2, -0.15) is 0 Å². The molecule has 1 aromatic carbocycles. The number of rotatable bonds is 2. The van der Waals surface area contributed by atoms with Gasteiger partial charge in [0.1, 0.15) is 0 Å². The van der Waals surface area contributed by atoms with Crippen molar-refractivity contribution in [2.45, 2.75) is 45.2 Å². The van der Waals surface area contributed by atoms with Crippen LogP contribution in [0.3, 0.4) is 0 Å². The van der Waals surface area contributed by atoms with E-state index in [1.54, 1.807) is 0 Å². The van der Waals surface area contributed by atoms with Gasteiger partial charge in [-0.1, -0.05) is 44.2 Å². The predicted octanol–water partition coefficient (Wildman–Crippen LogP) is 3.24. The van der Waals surface area contributed by atoms with Crippen molar-refractivity contribution in [2.75, 3.05) is 19.6 Å². The molecule has 0 spiro atoms. The van der Waals surface area contributed by atoms with Crippen LogP contribution in [0.15, 0.2) is 30.3 Å². The molecule has 0 bridgehead atoms. The Bertz CT molecular complexity index is 444. The molecule has 1 saturated carbocycles. The van der Waals surface area contributed by atoms with E-state index in [1.165, 1.54) is 24.9 Å². The molecule has 3 rings (SSSR count). The maximum absolute atomic E-state index is 3.75. The molecule has 0 aromatic heterocycles. The lowest BCUT2D eigenvalue weighted by atomic mass is 9.87. The summed E-state index contributed by atoms with van der Waals surface area (Å²) in [7, 11) is 0. The Morgan fingerprint density at radius 2 is 1.90 bits per heavy atom. The van der Waals surface area contributed by atoms with Crippen LogP contribution in [-0.4, -0.2) is 30.6 Å². The molecule has 1 saturated heterocycles. The lowest BCUT2D eigenvalue weighted by Gasteiger charge is -2.45. The van der Waals surface area contributed by atoms with Crippen molar-refractivity contribution in [1.29, 1.82) is 0 Å². The van der Waals surface area contributed by atoms with Crippen LogP contribution in [0.1, 0.15) is 39.2 Å². The maximum atomic E-state index is 3.75. The third-order valence-electron chi connectivity index (χ3n) is 5.74. The zero-order chi connectivity index (χ0) is 14.2. The van der Waals surface area contributed by atoms with Gasteiger partial charge in [0.25, 0.3) is 0 Å². The molecular weight excluding hydrogens is 244 g/mol. The second-order valence-electron chi connectivity index (χ2n) is 7.08. The molecule has 1 aliphatic carbocycles. The van der Waals surface area contributed by atoms with Gasteiger partial charge in [0.05, 0.1) is 5.54 Å². The zero-order valence-corrected chi connectivity index (χ0v) is 13.1. The Balaban J connectivity index is 1.77. The quantitative estimate of drug-likeness (QED) is 0.889. The summed E-state index contributed by atoms with van der Waals surface area (Å²) < 4.78 is 0. The van der Waals surface area contributed by atoms with Gasteiger partial charge < -0.3 is 5.32 Å².